The molecule has 1 aliphatic heterocycles. The maximum absolute atomic E-state index is 12.6. The summed E-state index contributed by atoms with van der Waals surface area (Å²) in [6.07, 6.45) is -0.497. The first-order valence-corrected chi connectivity index (χ1v) is 7.96. The van der Waals surface area contributed by atoms with Gasteiger partial charge >= 0.3 is 0 Å². The fraction of sp³-hybridized carbons (Fsp3) is 0.500. The summed E-state index contributed by atoms with van der Waals surface area (Å²) >= 11 is 5.88. The zero-order valence-corrected chi connectivity index (χ0v) is 12.6. The number of ether oxygens (including phenoxy) is 1. The molecule has 2 rings (SSSR count). The molecule has 1 atom stereocenters. The van der Waals surface area contributed by atoms with Gasteiger partial charge in [-0.2, -0.15) is 4.31 Å². The SMILES string of the molecule is Cc1cc(Cl)c(N)cc1S(=O)(=O)N1CCOC(CO)C1. The van der Waals surface area contributed by atoms with E-state index < -0.39 is 16.1 Å². The first-order valence-electron chi connectivity index (χ1n) is 6.14. The molecule has 0 amide bonds. The summed E-state index contributed by atoms with van der Waals surface area (Å²) < 4.78 is 31.8. The number of hydrogen-bond donors (Lipinski definition) is 2. The van der Waals surface area contributed by atoms with Crippen LogP contribution >= 0.6 is 11.6 Å². The predicted molar refractivity (Wildman–Crippen MR) is 76.2 cm³/mol. The van der Waals surface area contributed by atoms with Crippen molar-refractivity contribution in [3.05, 3.63) is 22.7 Å². The van der Waals surface area contributed by atoms with Crippen molar-refractivity contribution in [1.82, 2.24) is 4.31 Å². The summed E-state index contributed by atoms with van der Waals surface area (Å²) in [5, 5.41) is 9.43. The number of rotatable bonds is 3. The van der Waals surface area contributed by atoms with Gasteiger partial charge in [-0.1, -0.05) is 11.6 Å². The Labute approximate surface area is 123 Å². The third-order valence-electron chi connectivity index (χ3n) is 3.22. The number of aliphatic hydroxyl groups is 1. The lowest BCUT2D eigenvalue weighted by Crippen LogP contribution is -2.46. The van der Waals surface area contributed by atoms with Gasteiger partial charge in [-0.25, -0.2) is 8.42 Å². The second-order valence-corrected chi connectivity index (χ2v) is 6.99. The van der Waals surface area contributed by atoms with Gasteiger partial charge in [-0.05, 0) is 24.6 Å². The number of nitrogens with zero attached hydrogens (tertiary/aromatic N) is 1. The lowest BCUT2D eigenvalue weighted by molar-refractivity contribution is -0.0304. The molecule has 1 aliphatic rings. The molecule has 3 N–H and O–H groups in total. The Morgan fingerprint density at radius 2 is 2.25 bits per heavy atom. The summed E-state index contributed by atoms with van der Waals surface area (Å²) in [4.78, 5) is 0.137. The Bertz CT molecular complexity index is 606. The molecule has 112 valence electrons. The molecule has 1 aromatic carbocycles. The lowest BCUT2D eigenvalue weighted by atomic mass is 10.2. The maximum Gasteiger partial charge on any atom is 0.243 e. The number of aliphatic hydroxyl groups excluding tert-OH is 1. The van der Waals surface area contributed by atoms with Crippen LogP contribution in [0.15, 0.2) is 17.0 Å². The van der Waals surface area contributed by atoms with Crippen LogP contribution in [0.4, 0.5) is 5.69 Å². The van der Waals surface area contributed by atoms with E-state index in [4.69, 9.17) is 27.2 Å². The van der Waals surface area contributed by atoms with E-state index in [-0.39, 0.29) is 36.9 Å². The summed E-state index contributed by atoms with van der Waals surface area (Å²) in [6, 6.07) is 2.91. The zero-order valence-electron chi connectivity index (χ0n) is 11.0. The average molecular weight is 321 g/mol. The number of morpholine rings is 1. The van der Waals surface area contributed by atoms with Gasteiger partial charge in [-0.15, -0.1) is 0 Å². The second-order valence-electron chi connectivity index (χ2n) is 4.68. The standard InChI is InChI=1S/C12H17ClN2O4S/c1-8-4-10(13)11(14)5-12(8)20(17,18)15-2-3-19-9(6-15)7-16/h4-5,9,16H,2-3,6-7,14H2,1H3. The molecule has 0 bridgehead atoms. The van der Waals surface area contributed by atoms with E-state index >= 15 is 0 Å². The van der Waals surface area contributed by atoms with Crippen molar-refractivity contribution in [2.45, 2.75) is 17.9 Å². The van der Waals surface area contributed by atoms with Crippen LogP contribution in [0, 0.1) is 6.92 Å². The maximum atomic E-state index is 12.6. The molecule has 0 aromatic heterocycles. The van der Waals surface area contributed by atoms with Crippen molar-refractivity contribution in [2.75, 3.05) is 32.0 Å². The van der Waals surface area contributed by atoms with Crippen molar-refractivity contribution >= 4 is 27.3 Å². The lowest BCUT2D eigenvalue weighted by Gasteiger charge is -2.31. The first-order chi connectivity index (χ1) is 9.36. The summed E-state index contributed by atoms with van der Waals surface area (Å²) in [5.41, 5.74) is 6.45. The number of nitrogen functional groups attached to an aromatic ring is 1. The first kappa shape index (κ1) is 15.5. The van der Waals surface area contributed by atoms with Crippen LogP contribution in [0.5, 0.6) is 0 Å². The fourth-order valence-electron chi connectivity index (χ4n) is 2.11. The number of halogens is 1. The molecule has 1 aromatic rings. The molecule has 0 spiro atoms. The van der Waals surface area contributed by atoms with Crippen LogP contribution in [0.1, 0.15) is 5.56 Å². The van der Waals surface area contributed by atoms with E-state index in [2.05, 4.69) is 0 Å². The molecule has 1 saturated heterocycles. The van der Waals surface area contributed by atoms with Crippen LogP contribution in [0.25, 0.3) is 0 Å². The van der Waals surface area contributed by atoms with Crippen LogP contribution in [-0.4, -0.2) is 50.2 Å². The van der Waals surface area contributed by atoms with Crippen LogP contribution < -0.4 is 5.73 Å². The van der Waals surface area contributed by atoms with Crippen LogP contribution in [0.3, 0.4) is 0 Å². The second kappa shape index (κ2) is 5.87. The highest BCUT2D eigenvalue weighted by molar-refractivity contribution is 7.89. The van der Waals surface area contributed by atoms with E-state index in [9.17, 15) is 8.42 Å². The molecule has 0 aliphatic carbocycles. The number of anilines is 1. The summed E-state index contributed by atoms with van der Waals surface area (Å²) in [6.45, 7) is 2.09. The molecule has 6 nitrogen and oxygen atoms in total. The minimum absolute atomic E-state index is 0.126. The normalized spacial score (nSPS) is 21.1. The Morgan fingerprint density at radius 1 is 1.55 bits per heavy atom. The Kier molecular flexibility index (Phi) is 4.55. The zero-order chi connectivity index (χ0) is 14.9. The van der Waals surface area contributed by atoms with Crippen molar-refractivity contribution in [2.24, 2.45) is 0 Å². The smallest absolute Gasteiger partial charge is 0.243 e. The van der Waals surface area contributed by atoms with Gasteiger partial charge in [0.25, 0.3) is 0 Å². The van der Waals surface area contributed by atoms with Crippen molar-refractivity contribution in [3.63, 3.8) is 0 Å². The Balaban J connectivity index is 2.37. The van der Waals surface area contributed by atoms with Gasteiger partial charge in [0.2, 0.25) is 10.0 Å². The van der Waals surface area contributed by atoms with Gasteiger partial charge in [0.1, 0.15) is 0 Å². The number of sulfonamides is 1. The van der Waals surface area contributed by atoms with Crippen LogP contribution in [-0.2, 0) is 14.8 Å². The minimum atomic E-state index is -3.67. The molecule has 0 radical (unpaired) electrons. The van der Waals surface area contributed by atoms with E-state index in [1.807, 2.05) is 0 Å². The highest BCUT2D eigenvalue weighted by Gasteiger charge is 2.31. The average Bonchev–Trinajstić information content (AvgIpc) is 2.42. The van der Waals surface area contributed by atoms with Gasteiger partial charge in [0, 0.05) is 13.1 Å². The molecular formula is C12H17ClN2O4S. The third-order valence-corrected chi connectivity index (χ3v) is 5.55. The van der Waals surface area contributed by atoms with E-state index in [0.29, 0.717) is 10.6 Å². The number of hydrogen-bond acceptors (Lipinski definition) is 5. The van der Waals surface area contributed by atoms with E-state index in [1.54, 1.807) is 6.92 Å². The highest BCUT2D eigenvalue weighted by Crippen LogP contribution is 2.28. The molecule has 0 saturated carbocycles. The summed E-state index contributed by atoms with van der Waals surface area (Å²) in [5.74, 6) is 0. The molecule has 1 heterocycles. The molecule has 1 fully saturated rings. The third kappa shape index (κ3) is 2.91. The van der Waals surface area contributed by atoms with Gasteiger partial charge in [0.05, 0.1) is 34.9 Å². The Hall–Kier alpha value is -0.860. The molecular weight excluding hydrogens is 304 g/mol. The number of nitrogens with two attached hydrogens (primary N) is 1. The van der Waals surface area contributed by atoms with E-state index in [0.717, 1.165) is 0 Å². The number of benzene rings is 1. The minimum Gasteiger partial charge on any atom is -0.397 e. The molecule has 20 heavy (non-hydrogen) atoms. The van der Waals surface area contributed by atoms with E-state index in [1.165, 1.54) is 16.4 Å². The largest absolute Gasteiger partial charge is 0.397 e. The van der Waals surface area contributed by atoms with Gasteiger partial charge < -0.3 is 15.6 Å². The molecule has 1 unspecified atom stereocenters. The van der Waals surface area contributed by atoms with Crippen molar-refractivity contribution in [3.8, 4) is 0 Å². The molecule has 8 heteroatoms. The summed E-state index contributed by atoms with van der Waals surface area (Å²) in [7, 11) is -3.67. The monoisotopic (exact) mass is 320 g/mol. The quantitative estimate of drug-likeness (QED) is 0.796. The fourth-order valence-corrected chi connectivity index (χ4v) is 4.02. The van der Waals surface area contributed by atoms with Crippen molar-refractivity contribution in [1.29, 1.82) is 0 Å². The van der Waals surface area contributed by atoms with Gasteiger partial charge in [-0.3, -0.25) is 0 Å². The van der Waals surface area contributed by atoms with Crippen LogP contribution in [0.2, 0.25) is 5.02 Å². The number of aryl methyl sites for hydroxylation is 1. The van der Waals surface area contributed by atoms with Gasteiger partial charge in [0.15, 0.2) is 0 Å². The topological polar surface area (TPSA) is 92.9 Å². The Morgan fingerprint density at radius 3 is 2.90 bits per heavy atom. The van der Waals surface area contributed by atoms with Crippen molar-refractivity contribution < 1.29 is 18.3 Å². The predicted octanol–water partition coefficient (Wildman–Crippen LogP) is 0.612. The highest BCUT2D eigenvalue weighted by atomic mass is 35.5.